The molecule has 0 aliphatic carbocycles. The molecule has 3 atom stereocenters. The van der Waals surface area contributed by atoms with Crippen molar-refractivity contribution in [3.63, 3.8) is 0 Å². The highest BCUT2D eigenvalue weighted by molar-refractivity contribution is 14.1. The van der Waals surface area contributed by atoms with Gasteiger partial charge in [-0.25, -0.2) is 9.59 Å². The molecule has 166 valence electrons. The van der Waals surface area contributed by atoms with Crippen molar-refractivity contribution >= 4 is 40.6 Å². The van der Waals surface area contributed by atoms with Gasteiger partial charge in [0, 0.05) is 9.99 Å². The fraction of sp³-hybridized carbons (Fsp3) is 0.318. The van der Waals surface area contributed by atoms with Gasteiger partial charge in [-0.05, 0) is 52.8 Å². The third kappa shape index (κ3) is 8.18. The molecule has 2 amide bonds. The van der Waals surface area contributed by atoms with Crippen LogP contribution in [0.2, 0.25) is 0 Å². The SMILES string of the molecule is COC(=O)[C@@H](Cc1cccc(I)c1)NC(=O)[C@@H](NC(=O)OCc1ccccc1)[C@@H](C)O. The Morgan fingerprint density at radius 1 is 1.03 bits per heavy atom. The highest BCUT2D eigenvalue weighted by Gasteiger charge is 2.30. The zero-order valence-electron chi connectivity index (χ0n) is 17.2. The maximum Gasteiger partial charge on any atom is 0.408 e. The van der Waals surface area contributed by atoms with Crippen LogP contribution in [0.1, 0.15) is 18.1 Å². The smallest absolute Gasteiger partial charge is 0.408 e. The average Bonchev–Trinajstić information content (AvgIpc) is 2.75. The molecule has 0 aliphatic rings. The van der Waals surface area contributed by atoms with Crippen LogP contribution in [0, 0.1) is 3.57 Å². The monoisotopic (exact) mass is 540 g/mol. The molecule has 0 spiro atoms. The number of hydrogen-bond donors (Lipinski definition) is 3. The molecule has 2 aromatic carbocycles. The zero-order chi connectivity index (χ0) is 22.8. The van der Waals surface area contributed by atoms with Crippen molar-refractivity contribution in [3.05, 3.63) is 69.3 Å². The van der Waals surface area contributed by atoms with Gasteiger partial charge in [0.1, 0.15) is 18.7 Å². The number of ether oxygens (including phenoxy) is 2. The van der Waals surface area contributed by atoms with Crippen LogP contribution >= 0.6 is 22.6 Å². The van der Waals surface area contributed by atoms with Gasteiger partial charge in [-0.2, -0.15) is 0 Å². The number of halogens is 1. The number of amides is 2. The predicted octanol–water partition coefficient (Wildman–Crippen LogP) is 2.17. The molecule has 0 radical (unpaired) electrons. The Bertz CT molecular complexity index is 891. The number of esters is 1. The second-order valence-corrected chi connectivity index (χ2v) is 8.09. The van der Waals surface area contributed by atoms with Gasteiger partial charge < -0.3 is 25.2 Å². The molecule has 0 bridgehead atoms. The normalized spacial score (nSPS) is 13.4. The van der Waals surface area contributed by atoms with Crippen molar-refractivity contribution in [2.45, 2.75) is 38.1 Å². The number of carbonyl (C=O) groups excluding carboxylic acids is 3. The third-order valence-electron chi connectivity index (χ3n) is 4.38. The Hall–Kier alpha value is -2.66. The highest BCUT2D eigenvalue weighted by atomic mass is 127. The number of hydrogen-bond acceptors (Lipinski definition) is 6. The molecule has 0 unspecified atom stereocenters. The number of methoxy groups -OCH3 is 1. The van der Waals surface area contributed by atoms with E-state index < -0.39 is 36.2 Å². The lowest BCUT2D eigenvalue weighted by molar-refractivity contribution is -0.145. The van der Waals surface area contributed by atoms with Crippen molar-refractivity contribution in [1.82, 2.24) is 10.6 Å². The maximum absolute atomic E-state index is 12.7. The van der Waals surface area contributed by atoms with E-state index in [9.17, 15) is 19.5 Å². The van der Waals surface area contributed by atoms with Gasteiger partial charge in [-0.1, -0.05) is 42.5 Å². The molecule has 3 N–H and O–H groups in total. The Balaban J connectivity index is 2.02. The third-order valence-corrected chi connectivity index (χ3v) is 5.05. The molecular weight excluding hydrogens is 515 g/mol. The highest BCUT2D eigenvalue weighted by Crippen LogP contribution is 2.11. The van der Waals surface area contributed by atoms with E-state index in [1.54, 1.807) is 12.1 Å². The predicted molar refractivity (Wildman–Crippen MR) is 122 cm³/mol. The van der Waals surface area contributed by atoms with E-state index in [1.807, 2.05) is 42.5 Å². The topological polar surface area (TPSA) is 114 Å². The van der Waals surface area contributed by atoms with Gasteiger partial charge in [0.15, 0.2) is 0 Å². The Morgan fingerprint density at radius 3 is 2.32 bits per heavy atom. The van der Waals surface area contributed by atoms with E-state index in [2.05, 4.69) is 33.2 Å². The number of benzene rings is 2. The van der Waals surface area contributed by atoms with Crippen LogP contribution < -0.4 is 10.6 Å². The molecule has 0 aliphatic heterocycles. The molecule has 0 saturated carbocycles. The summed E-state index contributed by atoms with van der Waals surface area (Å²) in [5.74, 6) is -1.36. The molecule has 0 fully saturated rings. The van der Waals surface area contributed by atoms with Crippen molar-refractivity contribution in [2.24, 2.45) is 0 Å². The van der Waals surface area contributed by atoms with Crippen molar-refractivity contribution in [1.29, 1.82) is 0 Å². The Kier molecular flexibility index (Phi) is 9.73. The molecule has 0 heterocycles. The van der Waals surface area contributed by atoms with Crippen LogP contribution in [0.25, 0.3) is 0 Å². The largest absolute Gasteiger partial charge is 0.467 e. The lowest BCUT2D eigenvalue weighted by atomic mass is 10.0. The molecule has 2 aromatic rings. The lowest BCUT2D eigenvalue weighted by Gasteiger charge is -2.24. The molecular formula is C22H25IN2O6. The van der Waals surface area contributed by atoms with Gasteiger partial charge in [0.05, 0.1) is 13.2 Å². The second kappa shape index (κ2) is 12.3. The summed E-state index contributed by atoms with van der Waals surface area (Å²) in [7, 11) is 1.22. The van der Waals surface area contributed by atoms with E-state index in [4.69, 9.17) is 9.47 Å². The van der Waals surface area contributed by atoms with Crippen LogP contribution in [-0.4, -0.2) is 48.4 Å². The van der Waals surface area contributed by atoms with E-state index in [0.717, 1.165) is 14.7 Å². The maximum atomic E-state index is 12.7. The van der Waals surface area contributed by atoms with E-state index >= 15 is 0 Å². The number of rotatable bonds is 9. The van der Waals surface area contributed by atoms with Crippen LogP contribution in [-0.2, 0) is 32.1 Å². The van der Waals surface area contributed by atoms with Gasteiger partial charge in [-0.3, -0.25) is 4.79 Å². The number of nitrogens with one attached hydrogen (secondary N) is 2. The first-order chi connectivity index (χ1) is 14.8. The minimum atomic E-state index is -1.31. The summed E-state index contributed by atoms with van der Waals surface area (Å²) in [4.78, 5) is 37.1. The molecule has 0 saturated heterocycles. The summed E-state index contributed by atoms with van der Waals surface area (Å²) in [6.45, 7) is 1.37. The summed E-state index contributed by atoms with van der Waals surface area (Å²) in [6, 6.07) is 14.2. The molecule has 0 aromatic heterocycles. The van der Waals surface area contributed by atoms with E-state index in [0.29, 0.717) is 0 Å². The summed E-state index contributed by atoms with van der Waals surface area (Å²) >= 11 is 2.15. The molecule has 8 nitrogen and oxygen atoms in total. The number of carbonyl (C=O) groups is 3. The van der Waals surface area contributed by atoms with Crippen molar-refractivity contribution < 1.29 is 29.0 Å². The lowest BCUT2D eigenvalue weighted by Crippen LogP contribution is -2.56. The quantitative estimate of drug-likeness (QED) is 0.332. The zero-order valence-corrected chi connectivity index (χ0v) is 19.4. The number of alkyl carbamates (subject to hydrolysis) is 1. The Labute approximate surface area is 194 Å². The van der Waals surface area contributed by atoms with Crippen LogP contribution in [0.3, 0.4) is 0 Å². The van der Waals surface area contributed by atoms with Gasteiger partial charge in [0.2, 0.25) is 5.91 Å². The average molecular weight is 540 g/mol. The second-order valence-electron chi connectivity index (χ2n) is 6.84. The molecule has 31 heavy (non-hydrogen) atoms. The minimum absolute atomic E-state index is 0.0122. The van der Waals surface area contributed by atoms with Gasteiger partial charge >= 0.3 is 12.1 Å². The summed E-state index contributed by atoms with van der Waals surface area (Å²) in [5.41, 5.74) is 1.60. The van der Waals surface area contributed by atoms with Crippen LogP contribution in [0.5, 0.6) is 0 Å². The Morgan fingerprint density at radius 2 is 1.71 bits per heavy atom. The standard InChI is InChI=1S/C22H25IN2O6/c1-14(26)19(25-22(29)31-13-15-7-4-3-5-8-15)20(27)24-18(21(28)30-2)12-16-9-6-10-17(23)11-16/h3-11,14,18-19,26H,12-13H2,1-2H3,(H,24,27)(H,25,29)/t14-,18-,19+/m1/s1. The van der Waals surface area contributed by atoms with E-state index in [-0.39, 0.29) is 13.0 Å². The first kappa shape index (κ1) is 24.6. The fourth-order valence-electron chi connectivity index (χ4n) is 2.79. The van der Waals surface area contributed by atoms with Crippen molar-refractivity contribution in [3.8, 4) is 0 Å². The first-order valence-corrected chi connectivity index (χ1v) is 10.7. The number of aliphatic hydroxyl groups excluding tert-OH is 1. The van der Waals surface area contributed by atoms with Crippen LogP contribution in [0.4, 0.5) is 4.79 Å². The van der Waals surface area contributed by atoms with Crippen LogP contribution in [0.15, 0.2) is 54.6 Å². The number of aliphatic hydroxyl groups is 1. The van der Waals surface area contributed by atoms with Gasteiger partial charge in [-0.15, -0.1) is 0 Å². The first-order valence-electron chi connectivity index (χ1n) is 9.58. The molecule has 9 heteroatoms. The fourth-order valence-corrected chi connectivity index (χ4v) is 3.40. The summed E-state index contributed by atoms with van der Waals surface area (Å²) in [6.07, 6.45) is -1.89. The van der Waals surface area contributed by atoms with Gasteiger partial charge in [0.25, 0.3) is 0 Å². The minimum Gasteiger partial charge on any atom is -0.467 e. The van der Waals surface area contributed by atoms with Crippen molar-refractivity contribution in [2.75, 3.05) is 7.11 Å². The molecule has 2 rings (SSSR count). The summed E-state index contributed by atoms with van der Waals surface area (Å²) in [5, 5.41) is 14.9. The van der Waals surface area contributed by atoms with E-state index in [1.165, 1.54) is 14.0 Å². The summed E-state index contributed by atoms with van der Waals surface area (Å²) < 4.78 is 10.9.